The van der Waals surface area contributed by atoms with Crippen molar-refractivity contribution in [3.63, 3.8) is 0 Å². The number of nitrogens with zero attached hydrogens (tertiary/aromatic N) is 2. The minimum atomic E-state index is -0.637. The van der Waals surface area contributed by atoms with Crippen molar-refractivity contribution in [2.45, 2.75) is 6.54 Å². The van der Waals surface area contributed by atoms with E-state index < -0.39 is 11.0 Å². The molecule has 0 fully saturated rings. The first-order chi connectivity index (χ1) is 8.56. The summed E-state index contributed by atoms with van der Waals surface area (Å²) in [6.07, 6.45) is -0.637. The number of amides is 1. The first kappa shape index (κ1) is 13.9. The van der Waals surface area contributed by atoms with Gasteiger partial charge >= 0.3 is 6.09 Å². The molecule has 7 nitrogen and oxygen atoms in total. The Balaban J connectivity index is 2.72. The Morgan fingerprint density at radius 2 is 2.17 bits per heavy atom. The molecule has 0 heterocycles. The zero-order chi connectivity index (χ0) is 13.5. The molecular formula is C11H14N2O5. The summed E-state index contributed by atoms with van der Waals surface area (Å²) in [6, 6.07) is 6.18. The van der Waals surface area contributed by atoms with E-state index in [0.717, 1.165) is 0 Å². The third-order valence-corrected chi connectivity index (χ3v) is 2.22. The maximum Gasteiger partial charge on any atom is 0.409 e. The van der Waals surface area contributed by atoms with Crippen molar-refractivity contribution in [1.29, 1.82) is 0 Å². The fraction of sp³-hybridized carbons (Fsp3) is 0.364. The summed E-state index contributed by atoms with van der Waals surface area (Å²) in [5, 5.41) is 19.3. The van der Waals surface area contributed by atoms with Crippen LogP contribution in [0, 0.1) is 10.1 Å². The zero-order valence-electron chi connectivity index (χ0n) is 9.91. The third kappa shape index (κ3) is 3.70. The first-order valence-electron chi connectivity index (χ1n) is 5.27. The van der Waals surface area contributed by atoms with Crippen LogP contribution in [0.4, 0.5) is 10.5 Å². The molecule has 1 aromatic rings. The van der Waals surface area contributed by atoms with E-state index >= 15 is 0 Å². The lowest BCUT2D eigenvalue weighted by molar-refractivity contribution is -0.385. The Kier molecular flexibility index (Phi) is 5.06. The number of rotatable bonds is 5. The monoisotopic (exact) mass is 254 g/mol. The van der Waals surface area contributed by atoms with Crippen LogP contribution in [0.3, 0.4) is 0 Å². The molecule has 1 N–H and O–H groups in total. The second-order valence-corrected chi connectivity index (χ2v) is 3.58. The van der Waals surface area contributed by atoms with Gasteiger partial charge in [0.05, 0.1) is 18.1 Å². The van der Waals surface area contributed by atoms with Crippen LogP contribution in [0.25, 0.3) is 0 Å². The second kappa shape index (κ2) is 6.55. The van der Waals surface area contributed by atoms with E-state index in [1.165, 1.54) is 18.0 Å². The first-order valence-corrected chi connectivity index (χ1v) is 5.27. The fourth-order valence-electron chi connectivity index (χ4n) is 1.39. The Labute approximate surface area is 104 Å². The summed E-state index contributed by atoms with van der Waals surface area (Å²) in [6.45, 7) is -0.285. The second-order valence-electron chi connectivity index (χ2n) is 3.58. The molecule has 98 valence electrons. The number of ether oxygens (including phenoxy) is 1. The minimum absolute atomic E-state index is 0.0423. The summed E-state index contributed by atoms with van der Waals surface area (Å²) in [7, 11) is 1.47. The van der Waals surface area contributed by atoms with Gasteiger partial charge in [-0.05, 0) is 0 Å². The number of para-hydroxylation sites is 1. The van der Waals surface area contributed by atoms with E-state index in [4.69, 9.17) is 9.84 Å². The van der Waals surface area contributed by atoms with Crippen molar-refractivity contribution < 1.29 is 19.6 Å². The molecule has 1 rings (SSSR count). The maximum atomic E-state index is 11.4. The van der Waals surface area contributed by atoms with Crippen LogP contribution in [0.15, 0.2) is 24.3 Å². The van der Waals surface area contributed by atoms with Crippen LogP contribution in [0.1, 0.15) is 5.56 Å². The van der Waals surface area contributed by atoms with E-state index in [2.05, 4.69) is 0 Å². The largest absolute Gasteiger partial charge is 0.447 e. The number of carbonyl (C=O) groups is 1. The lowest BCUT2D eigenvalue weighted by atomic mass is 10.2. The molecule has 1 amide bonds. The van der Waals surface area contributed by atoms with E-state index in [1.54, 1.807) is 18.2 Å². The van der Waals surface area contributed by atoms with Gasteiger partial charge in [0, 0.05) is 18.7 Å². The highest BCUT2D eigenvalue weighted by Crippen LogP contribution is 2.19. The Hall–Kier alpha value is -2.15. The molecule has 0 aromatic heterocycles. The molecule has 1 aromatic carbocycles. The summed E-state index contributed by atoms with van der Waals surface area (Å²) in [5.74, 6) is 0. The third-order valence-electron chi connectivity index (χ3n) is 2.22. The molecule has 0 spiro atoms. The van der Waals surface area contributed by atoms with Crippen molar-refractivity contribution in [3.05, 3.63) is 39.9 Å². The number of aliphatic hydroxyl groups excluding tert-OH is 1. The number of hydrogen-bond acceptors (Lipinski definition) is 5. The summed E-state index contributed by atoms with van der Waals surface area (Å²) in [4.78, 5) is 22.9. The van der Waals surface area contributed by atoms with Crippen LogP contribution in [-0.4, -0.2) is 41.3 Å². The van der Waals surface area contributed by atoms with Gasteiger partial charge in [0.25, 0.3) is 5.69 Å². The number of benzene rings is 1. The summed E-state index contributed by atoms with van der Waals surface area (Å²) >= 11 is 0. The molecular weight excluding hydrogens is 240 g/mol. The summed E-state index contributed by atoms with van der Waals surface area (Å²) < 4.78 is 4.69. The quantitative estimate of drug-likeness (QED) is 0.628. The molecule has 0 atom stereocenters. The smallest absolute Gasteiger partial charge is 0.409 e. The molecule has 0 aliphatic carbocycles. The number of carbonyl (C=O) groups excluding carboxylic acids is 1. The highest BCUT2D eigenvalue weighted by Gasteiger charge is 2.17. The van der Waals surface area contributed by atoms with Gasteiger partial charge in [0.2, 0.25) is 0 Å². The van der Waals surface area contributed by atoms with Crippen molar-refractivity contribution >= 4 is 11.8 Å². The van der Waals surface area contributed by atoms with Gasteiger partial charge < -0.3 is 14.7 Å². The van der Waals surface area contributed by atoms with E-state index in [9.17, 15) is 14.9 Å². The average Bonchev–Trinajstić information content (AvgIpc) is 2.36. The van der Waals surface area contributed by atoms with E-state index in [0.29, 0.717) is 5.56 Å². The van der Waals surface area contributed by atoms with Crippen molar-refractivity contribution in [2.75, 3.05) is 20.3 Å². The van der Waals surface area contributed by atoms with Crippen LogP contribution < -0.4 is 0 Å². The van der Waals surface area contributed by atoms with Gasteiger partial charge in [-0.3, -0.25) is 10.1 Å². The van der Waals surface area contributed by atoms with Gasteiger partial charge in [0.1, 0.15) is 6.61 Å². The number of aliphatic hydroxyl groups is 1. The van der Waals surface area contributed by atoms with Crippen LogP contribution in [0.2, 0.25) is 0 Å². The fourth-order valence-corrected chi connectivity index (χ4v) is 1.39. The molecule has 0 saturated carbocycles. The predicted octanol–water partition coefficient (Wildman–Crippen LogP) is 1.16. The highest BCUT2D eigenvalue weighted by atomic mass is 16.6. The van der Waals surface area contributed by atoms with Gasteiger partial charge in [-0.1, -0.05) is 18.2 Å². The van der Waals surface area contributed by atoms with Crippen LogP contribution >= 0.6 is 0 Å². The number of nitro groups is 1. The molecule has 0 bridgehead atoms. The van der Waals surface area contributed by atoms with Crippen molar-refractivity contribution in [2.24, 2.45) is 0 Å². The van der Waals surface area contributed by atoms with E-state index in [-0.39, 0.29) is 25.4 Å². The van der Waals surface area contributed by atoms with Crippen molar-refractivity contribution in [3.8, 4) is 0 Å². The normalized spacial score (nSPS) is 9.89. The summed E-state index contributed by atoms with van der Waals surface area (Å²) in [5.41, 5.74) is 0.380. The van der Waals surface area contributed by atoms with E-state index in [1.807, 2.05) is 0 Å². The number of hydrogen-bond donors (Lipinski definition) is 1. The minimum Gasteiger partial charge on any atom is -0.447 e. The van der Waals surface area contributed by atoms with Gasteiger partial charge in [-0.2, -0.15) is 0 Å². The molecule has 0 unspecified atom stereocenters. The molecule has 7 heteroatoms. The van der Waals surface area contributed by atoms with Gasteiger partial charge in [-0.15, -0.1) is 0 Å². The topological polar surface area (TPSA) is 92.9 Å². The highest BCUT2D eigenvalue weighted by molar-refractivity contribution is 5.67. The Morgan fingerprint density at radius 1 is 1.50 bits per heavy atom. The molecule has 0 saturated heterocycles. The standard InChI is InChI=1S/C11H14N2O5/c1-12(11(15)18-7-6-14)8-9-4-2-3-5-10(9)13(16)17/h2-5,14H,6-8H2,1H3. The SMILES string of the molecule is CN(Cc1ccccc1[N+](=O)[O-])C(=O)OCCO. The zero-order valence-corrected chi connectivity index (χ0v) is 9.91. The average molecular weight is 254 g/mol. The van der Waals surface area contributed by atoms with Gasteiger partial charge in [0.15, 0.2) is 0 Å². The maximum absolute atomic E-state index is 11.4. The Morgan fingerprint density at radius 3 is 2.78 bits per heavy atom. The van der Waals surface area contributed by atoms with Crippen molar-refractivity contribution in [1.82, 2.24) is 4.90 Å². The molecule has 0 radical (unpaired) electrons. The van der Waals surface area contributed by atoms with Crippen LogP contribution in [0.5, 0.6) is 0 Å². The Bertz CT molecular complexity index is 435. The molecule has 0 aliphatic rings. The number of nitro benzene ring substituents is 1. The molecule has 18 heavy (non-hydrogen) atoms. The molecule has 0 aliphatic heterocycles. The predicted molar refractivity (Wildman–Crippen MR) is 63.0 cm³/mol. The lowest BCUT2D eigenvalue weighted by Gasteiger charge is -2.16. The van der Waals surface area contributed by atoms with Crippen LogP contribution in [-0.2, 0) is 11.3 Å². The lowest BCUT2D eigenvalue weighted by Crippen LogP contribution is -2.28. The van der Waals surface area contributed by atoms with Gasteiger partial charge in [-0.25, -0.2) is 4.79 Å².